The zero-order chi connectivity index (χ0) is 22.3. The quantitative estimate of drug-likeness (QED) is 0.389. The van der Waals surface area contributed by atoms with Gasteiger partial charge in [-0.2, -0.15) is 5.10 Å². The van der Waals surface area contributed by atoms with E-state index in [2.05, 4.69) is 26.5 Å². The molecule has 0 aliphatic carbocycles. The molecule has 1 unspecified atom stereocenters. The van der Waals surface area contributed by atoms with E-state index in [1.807, 2.05) is 48.5 Å². The van der Waals surface area contributed by atoms with Crippen molar-refractivity contribution in [1.82, 2.24) is 5.43 Å². The van der Waals surface area contributed by atoms with Crippen LogP contribution in [0.25, 0.3) is 0 Å². The summed E-state index contributed by atoms with van der Waals surface area (Å²) >= 11 is 3.52. The van der Waals surface area contributed by atoms with Crippen molar-refractivity contribution in [1.29, 1.82) is 0 Å². The lowest BCUT2D eigenvalue weighted by Crippen LogP contribution is -2.42. The summed E-state index contributed by atoms with van der Waals surface area (Å²) in [5.41, 5.74) is 4.25. The summed E-state index contributed by atoms with van der Waals surface area (Å²) in [6, 6.07) is 20.7. The normalized spacial score (nSPS) is 14.8. The second-order valence-electron chi connectivity index (χ2n) is 6.91. The first-order valence-electron chi connectivity index (χ1n) is 9.89. The molecule has 0 aromatic heterocycles. The monoisotopic (exact) mass is 496 g/mol. The lowest BCUT2D eigenvalue weighted by atomic mass is 10.2. The molecule has 1 atom stereocenters. The van der Waals surface area contributed by atoms with Gasteiger partial charge in [-0.1, -0.05) is 42.5 Å². The molecule has 164 valence electrons. The van der Waals surface area contributed by atoms with Crippen LogP contribution in [-0.4, -0.2) is 31.9 Å². The Labute approximate surface area is 194 Å². The number of methoxy groups -OCH3 is 1. The number of hydrogen-bond donors (Lipinski definition) is 1. The third-order valence-electron chi connectivity index (χ3n) is 4.67. The van der Waals surface area contributed by atoms with Crippen molar-refractivity contribution in [2.24, 2.45) is 5.10 Å². The van der Waals surface area contributed by atoms with Crippen LogP contribution in [-0.2, 0) is 11.4 Å². The van der Waals surface area contributed by atoms with Gasteiger partial charge in [0.2, 0.25) is 6.10 Å². The number of carbonyl (C=O) groups is 1. The first-order chi connectivity index (χ1) is 15.6. The number of halogens is 1. The second-order valence-corrected chi connectivity index (χ2v) is 7.76. The molecule has 1 amide bonds. The number of carbonyl (C=O) groups excluding carboxylic acids is 1. The highest BCUT2D eigenvalue weighted by Gasteiger charge is 2.27. The molecular formula is C24H21BrN2O5. The van der Waals surface area contributed by atoms with Crippen molar-refractivity contribution in [3.05, 3.63) is 82.3 Å². The molecule has 0 fully saturated rings. The highest BCUT2D eigenvalue weighted by Crippen LogP contribution is 2.37. The summed E-state index contributed by atoms with van der Waals surface area (Å²) in [5, 5.41) is 4.04. The fourth-order valence-corrected chi connectivity index (χ4v) is 3.65. The van der Waals surface area contributed by atoms with Crippen LogP contribution < -0.4 is 24.4 Å². The molecule has 3 aromatic carbocycles. The highest BCUT2D eigenvalue weighted by molar-refractivity contribution is 9.10. The average Bonchev–Trinajstić information content (AvgIpc) is 2.83. The van der Waals surface area contributed by atoms with Gasteiger partial charge in [0, 0.05) is 0 Å². The number of nitrogens with zero attached hydrogens (tertiary/aromatic N) is 1. The van der Waals surface area contributed by atoms with Crippen molar-refractivity contribution in [3.63, 3.8) is 0 Å². The van der Waals surface area contributed by atoms with Crippen LogP contribution >= 0.6 is 15.9 Å². The van der Waals surface area contributed by atoms with Crippen molar-refractivity contribution >= 4 is 28.1 Å². The highest BCUT2D eigenvalue weighted by atomic mass is 79.9. The summed E-state index contributed by atoms with van der Waals surface area (Å²) in [5.74, 6) is 1.88. The van der Waals surface area contributed by atoms with Gasteiger partial charge in [0.25, 0.3) is 5.91 Å². The van der Waals surface area contributed by atoms with E-state index in [1.54, 1.807) is 25.3 Å². The zero-order valence-electron chi connectivity index (χ0n) is 17.3. The topological polar surface area (TPSA) is 78.4 Å². The Morgan fingerprint density at radius 3 is 2.69 bits per heavy atom. The Morgan fingerprint density at radius 1 is 1.16 bits per heavy atom. The zero-order valence-corrected chi connectivity index (χ0v) is 18.9. The minimum Gasteiger partial charge on any atom is -0.493 e. The van der Waals surface area contributed by atoms with Crippen molar-refractivity contribution < 1.29 is 23.7 Å². The van der Waals surface area contributed by atoms with Gasteiger partial charge in [-0.15, -0.1) is 0 Å². The Bertz CT molecular complexity index is 1120. The fourth-order valence-electron chi connectivity index (χ4n) is 3.08. The third kappa shape index (κ3) is 5.20. The molecule has 0 spiro atoms. The predicted molar refractivity (Wildman–Crippen MR) is 124 cm³/mol. The van der Waals surface area contributed by atoms with Crippen LogP contribution in [0.1, 0.15) is 11.1 Å². The van der Waals surface area contributed by atoms with Gasteiger partial charge >= 0.3 is 0 Å². The van der Waals surface area contributed by atoms with Gasteiger partial charge in [-0.3, -0.25) is 4.79 Å². The summed E-state index contributed by atoms with van der Waals surface area (Å²) in [6.07, 6.45) is 0.737. The smallest absolute Gasteiger partial charge is 0.284 e. The molecule has 0 saturated carbocycles. The maximum Gasteiger partial charge on any atom is 0.284 e. The molecule has 1 aliphatic heterocycles. The summed E-state index contributed by atoms with van der Waals surface area (Å²) in [7, 11) is 1.57. The van der Waals surface area contributed by atoms with Gasteiger partial charge in [0.15, 0.2) is 23.0 Å². The number of ether oxygens (including phenoxy) is 4. The van der Waals surface area contributed by atoms with Gasteiger partial charge in [0.05, 0.1) is 17.8 Å². The summed E-state index contributed by atoms with van der Waals surface area (Å²) in [4.78, 5) is 12.4. The molecule has 4 rings (SSSR count). The molecule has 1 N–H and O–H groups in total. The van der Waals surface area contributed by atoms with E-state index in [0.29, 0.717) is 39.6 Å². The van der Waals surface area contributed by atoms with E-state index < -0.39 is 12.0 Å². The van der Waals surface area contributed by atoms with Gasteiger partial charge in [0.1, 0.15) is 13.2 Å². The standard InChI is InChI=1S/C24H21BrN2O5/c1-29-21-12-17(11-18(25)23(21)31-14-16-7-3-2-4-8-16)13-26-27-24(28)22-15-30-19-9-5-6-10-20(19)32-22/h2-13,22H,14-15H2,1H3,(H,27,28)/b26-13+. The maximum atomic E-state index is 12.4. The van der Waals surface area contributed by atoms with Crippen LogP contribution in [0.15, 0.2) is 76.3 Å². The second kappa shape index (κ2) is 10.2. The Balaban J connectivity index is 1.38. The van der Waals surface area contributed by atoms with Crippen LogP contribution in [0.4, 0.5) is 0 Å². The lowest BCUT2D eigenvalue weighted by Gasteiger charge is -2.24. The number of amides is 1. The van der Waals surface area contributed by atoms with Crippen LogP contribution in [0, 0.1) is 0 Å². The Kier molecular flexibility index (Phi) is 6.91. The van der Waals surface area contributed by atoms with Crippen LogP contribution in [0.2, 0.25) is 0 Å². The van der Waals surface area contributed by atoms with Crippen molar-refractivity contribution in [2.45, 2.75) is 12.7 Å². The number of benzene rings is 3. The van der Waals surface area contributed by atoms with Crippen LogP contribution in [0.3, 0.4) is 0 Å². The molecule has 32 heavy (non-hydrogen) atoms. The molecule has 8 heteroatoms. The first-order valence-corrected chi connectivity index (χ1v) is 10.7. The first kappa shape index (κ1) is 21.7. The van der Waals surface area contributed by atoms with Gasteiger partial charge in [-0.25, -0.2) is 5.43 Å². The summed E-state index contributed by atoms with van der Waals surface area (Å²) in [6.45, 7) is 0.525. The molecular weight excluding hydrogens is 476 g/mol. The van der Waals surface area contributed by atoms with E-state index in [4.69, 9.17) is 18.9 Å². The number of nitrogens with one attached hydrogen (secondary N) is 1. The number of hydrazone groups is 1. The third-order valence-corrected chi connectivity index (χ3v) is 5.26. The molecule has 0 saturated heterocycles. The largest absolute Gasteiger partial charge is 0.493 e. The maximum absolute atomic E-state index is 12.4. The number of fused-ring (bicyclic) bond motifs is 1. The van der Waals surface area contributed by atoms with E-state index >= 15 is 0 Å². The minimum absolute atomic E-state index is 0.116. The van der Waals surface area contributed by atoms with E-state index in [1.165, 1.54) is 6.21 Å². The molecule has 0 bridgehead atoms. The average molecular weight is 497 g/mol. The van der Waals surface area contributed by atoms with Crippen LogP contribution in [0.5, 0.6) is 23.0 Å². The van der Waals surface area contributed by atoms with E-state index in [9.17, 15) is 4.79 Å². The molecule has 1 heterocycles. The minimum atomic E-state index is -0.780. The Morgan fingerprint density at radius 2 is 1.91 bits per heavy atom. The molecule has 3 aromatic rings. The molecule has 0 radical (unpaired) electrons. The molecule has 1 aliphatic rings. The van der Waals surface area contributed by atoms with Crippen molar-refractivity contribution in [2.75, 3.05) is 13.7 Å². The summed E-state index contributed by atoms with van der Waals surface area (Å²) < 4.78 is 23.4. The Hall–Kier alpha value is -3.52. The van der Waals surface area contributed by atoms with E-state index in [0.717, 1.165) is 5.56 Å². The SMILES string of the molecule is COc1cc(/C=N/NC(=O)C2COc3ccccc3O2)cc(Br)c1OCc1ccccc1. The van der Waals surface area contributed by atoms with Gasteiger partial charge < -0.3 is 18.9 Å². The lowest BCUT2D eigenvalue weighted by molar-refractivity contribution is -0.130. The number of hydrogen-bond acceptors (Lipinski definition) is 6. The predicted octanol–water partition coefficient (Wildman–Crippen LogP) is 4.33. The van der Waals surface area contributed by atoms with Gasteiger partial charge in [-0.05, 0) is 51.3 Å². The fraction of sp³-hybridized carbons (Fsp3) is 0.167. The van der Waals surface area contributed by atoms with E-state index in [-0.39, 0.29) is 6.61 Å². The molecule has 7 nitrogen and oxygen atoms in total. The number of para-hydroxylation sites is 2. The number of rotatable bonds is 7. The van der Waals surface area contributed by atoms with Crippen molar-refractivity contribution in [3.8, 4) is 23.0 Å².